The zero-order valence-corrected chi connectivity index (χ0v) is 15.0. The van der Waals surface area contributed by atoms with Crippen LogP contribution in [-0.4, -0.2) is 28.0 Å². The second-order valence-corrected chi connectivity index (χ2v) is 6.53. The molecular weight excluding hydrogens is 370 g/mol. The lowest BCUT2D eigenvalue weighted by atomic mass is 10.0. The molecule has 1 heterocycles. The first-order chi connectivity index (χ1) is 13.3. The number of aromatic amines is 1. The van der Waals surface area contributed by atoms with Crippen LogP contribution >= 0.6 is 0 Å². The summed E-state index contributed by atoms with van der Waals surface area (Å²) in [4.78, 5) is 39.6. The largest absolute Gasteiger partial charge is 0.480 e. The van der Waals surface area contributed by atoms with Crippen molar-refractivity contribution in [2.75, 3.05) is 0 Å². The van der Waals surface area contributed by atoms with Crippen molar-refractivity contribution in [3.8, 4) is 0 Å². The van der Waals surface area contributed by atoms with Crippen molar-refractivity contribution in [2.45, 2.75) is 32.2 Å². The number of aromatic nitrogens is 1. The van der Waals surface area contributed by atoms with Gasteiger partial charge in [-0.25, -0.2) is 13.6 Å². The predicted molar refractivity (Wildman–Crippen MR) is 100 cm³/mol. The summed E-state index contributed by atoms with van der Waals surface area (Å²) in [5, 5.41) is 11.6. The van der Waals surface area contributed by atoms with Gasteiger partial charge in [0, 0.05) is 16.3 Å². The fourth-order valence-corrected chi connectivity index (χ4v) is 3.09. The molecule has 3 N–H and O–H groups in total. The molecule has 1 amide bonds. The standard InChI is InChI=1S/C20H18F2N2O4/c1-2-3-4-16(20(27)28)24-19(26)14-9-11(22)8-13-17(14)23-15-6-5-10(21)7-12(15)18(13)25/h5-9,16H,2-4H2,1H3,(H,23,25)(H,24,26)(H,27,28)/t16-/m0/s1. The summed E-state index contributed by atoms with van der Waals surface area (Å²) >= 11 is 0. The molecule has 28 heavy (non-hydrogen) atoms. The minimum absolute atomic E-state index is 0.0239. The van der Waals surface area contributed by atoms with Gasteiger partial charge in [-0.05, 0) is 36.8 Å². The molecule has 8 heteroatoms. The van der Waals surface area contributed by atoms with Crippen molar-refractivity contribution in [1.82, 2.24) is 10.3 Å². The summed E-state index contributed by atoms with van der Waals surface area (Å²) in [7, 11) is 0. The zero-order chi connectivity index (χ0) is 20.4. The van der Waals surface area contributed by atoms with Crippen LogP contribution in [0.2, 0.25) is 0 Å². The molecule has 3 rings (SSSR count). The number of carbonyl (C=O) groups is 2. The molecule has 0 aliphatic heterocycles. The minimum Gasteiger partial charge on any atom is -0.480 e. The maximum absolute atomic E-state index is 14.1. The highest BCUT2D eigenvalue weighted by Gasteiger charge is 2.23. The Balaban J connectivity index is 2.13. The van der Waals surface area contributed by atoms with Crippen LogP contribution in [0.4, 0.5) is 8.78 Å². The first-order valence-corrected chi connectivity index (χ1v) is 8.80. The van der Waals surface area contributed by atoms with Gasteiger partial charge in [0.15, 0.2) is 5.43 Å². The normalized spacial score (nSPS) is 12.2. The van der Waals surface area contributed by atoms with Crippen LogP contribution in [0.1, 0.15) is 36.5 Å². The van der Waals surface area contributed by atoms with E-state index in [1.54, 1.807) is 0 Å². The molecule has 0 aliphatic carbocycles. The molecule has 0 unspecified atom stereocenters. The van der Waals surface area contributed by atoms with Gasteiger partial charge in [-0.15, -0.1) is 0 Å². The third-order valence-corrected chi connectivity index (χ3v) is 4.53. The number of unbranched alkanes of at least 4 members (excludes halogenated alkanes) is 1. The second-order valence-electron chi connectivity index (χ2n) is 6.53. The number of H-pyrrole nitrogens is 1. The van der Waals surface area contributed by atoms with E-state index in [0.29, 0.717) is 6.42 Å². The molecule has 2 aromatic carbocycles. The molecule has 0 fully saturated rings. The molecule has 0 saturated heterocycles. The molecule has 146 valence electrons. The Morgan fingerprint density at radius 3 is 2.54 bits per heavy atom. The maximum Gasteiger partial charge on any atom is 0.326 e. The number of carboxylic acid groups (broad SMARTS) is 1. The highest BCUT2D eigenvalue weighted by molar-refractivity contribution is 6.08. The van der Waals surface area contributed by atoms with Gasteiger partial charge in [-0.2, -0.15) is 0 Å². The number of hydrogen-bond acceptors (Lipinski definition) is 3. The van der Waals surface area contributed by atoms with Crippen molar-refractivity contribution < 1.29 is 23.5 Å². The SMILES string of the molecule is CCCC[C@H](NC(=O)c1cc(F)cc2c(=O)c3cc(F)ccc3[nH]c12)C(=O)O. The number of amides is 1. The van der Waals surface area contributed by atoms with E-state index in [4.69, 9.17) is 0 Å². The molecule has 0 saturated carbocycles. The maximum atomic E-state index is 14.1. The second kappa shape index (κ2) is 7.75. The molecule has 1 atom stereocenters. The van der Waals surface area contributed by atoms with Crippen LogP contribution in [0.5, 0.6) is 0 Å². The summed E-state index contributed by atoms with van der Waals surface area (Å²) in [5.41, 5.74) is -0.485. The first-order valence-electron chi connectivity index (χ1n) is 8.80. The predicted octanol–water partition coefficient (Wildman–Crippen LogP) is 3.33. The van der Waals surface area contributed by atoms with Gasteiger partial charge < -0.3 is 15.4 Å². The summed E-state index contributed by atoms with van der Waals surface area (Å²) in [6, 6.07) is 4.29. The molecular formula is C20H18F2N2O4. The molecule has 0 spiro atoms. The van der Waals surface area contributed by atoms with E-state index in [9.17, 15) is 28.3 Å². The van der Waals surface area contributed by atoms with Crippen molar-refractivity contribution >= 4 is 33.7 Å². The Kier molecular flexibility index (Phi) is 5.39. The van der Waals surface area contributed by atoms with Gasteiger partial charge in [0.2, 0.25) is 0 Å². The van der Waals surface area contributed by atoms with Crippen molar-refractivity contribution in [3.05, 3.63) is 57.8 Å². The monoisotopic (exact) mass is 388 g/mol. The number of fused-ring (bicyclic) bond motifs is 2. The van der Waals surface area contributed by atoms with E-state index >= 15 is 0 Å². The Hall–Kier alpha value is -3.29. The third kappa shape index (κ3) is 3.71. The quantitative estimate of drug-likeness (QED) is 0.564. The summed E-state index contributed by atoms with van der Waals surface area (Å²) < 4.78 is 27.6. The molecule has 6 nitrogen and oxygen atoms in total. The number of hydrogen-bond donors (Lipinski definition) is 3. The van der Waals surface area contributed by atoms with Crippen molar-refractivity contribution in [1.29, 1.82) is 0 Å². The van der Waals surface area contributed by atoms with Gasteiger partial charge in [0.25, 0.3) is 5.91 Å². The smallest absolute Gasteiger partial charge is 0.326 e. The van der Waals surface area contributed by atoms with Gasteiger partial charge >= 0.3 is 5.97 Å². The number of carbonyl (C=O) groups excluding carboxylic acids is 1. The fraction of sp³-hybridized carbons (Fsp3) is 0.250. The summed E-state index contributed by atoms with van der Waals surface area (Å²) in [6.07, 6.45) is 1.57. The topological polar surface area (TPSA) is 99.3 Å². The lowest BCUT2D eigenvalue weighted by Gasteiger charge is -2.15. The lowest BCUT2D eigenvalue weighted by Crippen LogP contribution is -2.41. The van der Waals surface area contributed by atoms with E-state index in [2.05, 4.69) is 10.3 Å². The number of pyridine rings is 1. The highest BCUT2D eigenvalue weighted by atomic mass is 19.1. The molecule has 3 aromatic rings. The van der Waals surface area contributed by atoms with Gasteiger partial charge in [0.1, 0.15) is 17.7 Å². The third-order valence-electron chi connectivity index (χ3n) is 4.53. The van der Waals surface area contributed by atoms with Gasteiger partial charge in [0.05, 0.1) is 11.1 Å². The van der Waals surface area contributed by atoms with Crippen LogP contribution in [-0.2, 0) is 4.79 Å². The Morgan fingerprint density at radius 1 is 1.14 bits per heavy atom. The minimum atomic E-state index is -1.20. The summed E-state index contributed by atoms with van der Waals surface area (Å²) in [6.45, 7) is 1.89. The average molecular weight is 388 g/mol. The average Bonchev–Trinajstić information content (AvgIpc) is 2.65. The van der Waals surface area contributed by atoms with Gasteiger partial charge in [-0.1, -0.05) is 19.8 Å². The van der Waals surface area contributed by atoms with Crippen LogP contribution < -0.4 is 10.7 Å². The zero-order valence-electron chi connectivity index (χ0n) is 15.0. The molecule has 0 aliphatic rings. The Morgan fingerprint density at radius 2 is 1.86 bits per heavy atom. The van der Waals surface area contributed by atoms with E-state index < -0.39 is 35.0 Å². The molecule has 0 bridgehead atoms. The van der Waals surface area contributed by atoms with Crippen molar-refractivity contribution in [3.63, 3.8) is 0 Å². The van der Waals surface area contributed by atoms with Crippen LogP contribution in [0.15, 0.2) is 35.1 Å². The van der Waals surface area contributed by atoms with Crippen LogP contribution in [0, 0.1) is 11.6 Å². The number of aliphatic carboxylic acids is 1. The number of halogens is 2. The van der Waals surface area contributed by atoms with E-state index in [-0.39, 0.29) is 33.8 Å². The van der Waals surface area contributed by atoms with E-state index in [1.807, 2.05) is 6.92 Å². The number of benzene rings is 2. The number of rotatable bonds is 6. The van der Waals surface area contributed by atoms with E-state index in [0.717, 1.165) is 30.7 Å². The Labute approximate surface area is 158 Å². The number of carboxylic acids is 1. The highest BCUT2D eigenvalue weighted by Crippen LogP contribution is 2.21. The first kappa shape index (κ1) is 19.5. The van der Waals surface area contributed by atoms with Crippen LogP contribution in [0.3, 0.4) is 0 Å². The van der Waals surface area contributed by atoms with Gasteiger partial charge in [-0.3, -0.25) is 9.59 Å². The number of nitrogens with one attached hydrogen (secondary N) is 2. The fourth-order valence-electron chi connectivity index (χ4n) is 3.09. The van der Waals surface area contributed by atoms with Crippen LogP contribution in [0.25, 0.3) is 21.8 Å². The Bertz CT molecular complexity index is 1140. The molecule has 0 radical (unpaired) electrons. The summed E-state index contributed by atoms with van der Waals surface area (Å²) in [5.74, 6) is -3.46. The lowest BCUT2D eigenvalue weighted by molar-refractivity contribution is -0.139. The van der Waals surface area contributed by atoms with Crippen molar-refractivity contribution in [2.24, 2.45) is 0 Å². The molecule has 1 aromatic heterocycles. The van der Waals surface area contributed by atoms with E-state index in [1.165, 1.54) is 6.07 Å².